The Labute approximate surface area is 210 Å². The minimum Gasteiger partial charge on any atom is -0.493 e. The fourth-order valence-corrected chi connectivity index (χ4v) is 7.37. The van der Waals surface area contributed by atoms with Gasteiger partial charge in [0.25, 0.3) is 0 Å². The highest BCUT2D eigenvalue weighted by Gasteiger charge is 2.45. The molecule has 2 aromatic carbocycles. The molecule has 190 valence electrons. The molecule has 1 saturated heterocycles. The number of anilines is 1. The van der Waals surface area contributed by atoms with Gasteiger partial charge in [-0.05, 0) is 61.9 Å². The van der Waals surface area contributed by atoms with E-state index >= 15 is 0 Å². The number of carboxylic acids is 1. The van der Waals surface area contributed by atoms with Crippen LogP contribution in [0.3, 0.4) is 0 Å². The van der Waals surface area contributed by atoms with E-state index in [2.05, 4.69) is 16.7 Å². The summed E-state index contributed by atoms with van der Waals surface area (Å²) in [6, 6.07) is 10.4. The molecule has 2 fully saturated rings. The van der Waals surface area contributed by atoms with Crippen LogP contribution in [-0.2, 0) is 14.6 Å². The fourth-order valence-electron chi connectivity index (χ4n) is 4.97. The first-order valence-electron chi connectivity index (χ1n) is 11.8. The zero-order chi connectivity index (χ0) is 25.2. The van der Waals surface area contributed by atoms with E-state index in [9.17, 15) is 22.7 Å². The van der Waals surface area contributed by atoms with E-state index < -0.39 is 38.7 Å². The molecule has 1 heterocycles. The van der Waals surface area contributed by atoms with Gasteiger partial charge in [-0.25, -0.2) is 12.8 Å². The predicted molar refractivity (Wildman–Crippen MR) is 132 cm³/mol. The summed E-state index contributed by atoms with van der Waals surface area (Å²) < 4.78 is 45.7. The number of piperazine rings is 1. The third kappa shape index (κ3) is 5.73. The topological polar surface area (TPSA) is 87.2 Å². The van der Waals surface area contributed by atoms with Gasteiger partial charge in [-0.1, -0.05) is 18.5 Å². The molecule has 0 amide bonds. The highest BCUT2D eigenvalue weighted by Crippen LogP contribution is 2.41. The van der Waals surface area contributed by atoms with Crippen LogP contribution in [0, 0.1) is 17.7 Å². The molecule has 0 bridgehead atoms. The molecule has 2 aromatic rings. The Kier molecular flexibility index (Phi) is 7.88. The van der Waals surface area contributed by atoms with Crippen LogP contribution < -0.4 is 9.64 Å². The maximum absolute atomic E-state index is 13.5. The molecule has 1 aliphatic carbocycles. The van der Waals surface area contributed by atoms with Crippen LogP contribution in [0.5, 0.6) is 5.75 Å². The molecule has 1 N–H and O–H groups in total. The van der Waals surface area contributed by atoms with E-state index in [1.807, 2.05) is 0 Å². The molecule has 7 nitrogen and oxygen atoms in total. The van der Waals surface area contributed by atoms with Crippen molar-refractivity contribution in [2.24, 2.45) is 11.8 Å². The van der Waals surface area contributed by atoms with Crippen molar-refractivity contribution in [1.29, 1.82) is 0 Å². The zero-order valence-electron chi connectivity index (χ0n) is 19.6. The predicted octanol–water partition coefficient (Wildman–Crippen LogP) is 3.95. The summed E-state index contributed by atoms with van der Waals surface area (Å²) in [6.07, 6.45) is 0.143. The van der Waals surface area contributed by atoms with Crippen molar-refractivity contribution in [3.63, 3.8) is 0 Å². The van der Waals surface area contributed by atoms with Crippen LogP contribution in [0.4, 0.5) is 10.1 Å². The van der Waals surface area contributed by atoms with Gasteiger partial charge in [0.2, 0.25) is 0 Å². The molecule has 0 radical (unpaired) electrons. The first-order valence-corrected chi connectivity index (χ1v) is 13.7. The number of halogens is 2. The molecule has 4 rings (SSSR count). The highest BCUT2D eigenvalue weighted by molar-refractivity contribution is 7.92. The lowest BCUT2D eigenvalue weighted by atomic mass is 9.97. The van der Waals surface area contributed by atoms with E-state index in [4.69, 9.17) is 16.3 Å². The van der Waals surface area contributed by atoms with Crippen molar-refractivity contribution in [2.45, 2.75) is 29.9 Å². The number of carbonyl (C=O) groups is 1. The molecular formula is C25H30ClFN2O5S. The quantitative estimate of drug-likeness (QED) is 0.559. The molecule has 2 aliphatic rings. The fraction of sp³-hybridized carbons (Fsp3) is 0.480. The van der Waals surface area contributed by atoms with E-state index in [-0.39, 0.29) is 29.4 Å². The normalized spacial score (nSPS) is 23.4. The molecule has 0 aromatic heterocycles. The second-order valence-corrected chi connectivity index (χ2v) is 11.7. The molecule has 0 spiro atoms. The number of likely N-dealkylation sites (N-methyl/N-ethyl adjacent to an activating group) is 1. The van der Waals surface area contributed by atoms with Crippen molar-refractivity contribution in [3.05, 3.63) is 53.3 Å². The van der Waals surface area contributed by atoms with Crippen molar-refractivity contribution in [3.8, 4) is 5.75 Å². The summed E-state index contributed by atoms with van der Waals surface area (Å²) in [5.74, 6) is -2.41. The minimum absolute atomic E-state index is 0.00777. The van der Waals surface area contributed by atoms with E-state index in [0.717, 1.165) is 38.4 Å². The summed E-state index contributed by atoms with van der Waals surface area (Å²) in [4.78, 5) is 16.4. The summed E-state index contributed by atoms with van der Waals surface area (Å²) in [5, 5.41) is 8.99. The van der Waals surface area contributed by atoms with Crippen LogP contribution in [-0.4, -0.2) is 69.0 Å². The van der Waals surface area contributed by atoms with E-state index in [1.165, 1.54) is 30.3 Å². The minimum atomic E-state index is -3.84. The highest BCUT2D eigenvalue weighted by atomic mass is 35.5. The first kappa shape index (κ1) is 25.7. The number of aliphatic carboxylic acids is 1. The Morgan fingerprint density at radius 3 is 2.40 bits per heavy atom. The lowest BCUT2D eigenvalue weighted by Crippen LogP contribution is -2.46. The van der Waals surface area contributed by atoms with Gasteiger partial charge in [-0.15, -0.1) is 0 Å². The Morgan fingerprint density at radius 2 is 1.80 bits per heavy atom. The zero-order valence-corrected chi connectivity index (χ0v) is 21.1. The smallest absolute Gasteiger partial charge is 0.306 e. The van der Waals surface area contributed by atoms with Gasteiger partial charge in [0.1, 0.15) is 11.6 Å². The van der Waals surface area contributed by atoms with Gasteiger partial charge in [-0.2, -0.15) is 0 Å². The second kappa shape index (κ2) is 10.7. The van der Waals surface area contributed by atoms with Crippen molar-refractivity contribution in [2.75, 3.05) is 44.2 Å². The van der Waals surface area contributed by atoms with Crippen LogP contribution in [0.1, 0.15) is 19.8 Å². The summed E-state index contributed by atoms with van der Waals surface area (Å²) in [7, 11) is -3.84. The molecule has 10 heteroatoms. The third-order valence-electron chi connectivity index (χ3n) is 7.09. The number of hydrogen-bond acceptors (Lipinski definition) is 6. The largest absolute Gasteiger partial charge is 0.493 e. The van der Waals surface area contributed by atoms with Crippen molar-refractivity contribution >= 4 is 33.1 Å². The molecular weight excluding hydrogens is 495 g/mol. The Hall–Kier alpha value is -2.36. The van der Waals surface area contributed by atoms with Gasteiger partial charge in [-0.3, -0.25) is 4.79 Å². The first-order chi connectivity index (χ1) is 16.7. The maximum Gasteiger partial charge on any atom is 0.306 e. The lowest BCUT2D eigenvalue weighted by Gasteiger charge is -2.35. The Balaban J connectivity index is 1.47. The Morgan fingerprint density at radius 1 is 1.11 bits per heavy atom. The molecule has 1 aliphatic heterocycles. The lowest BCUT2D eigenvalue weighted by molar-refractivity contribution is -0.143. The molecule has 1 saturated carbocycles. The number of ether oxygens (including phenoxy) is 1. The number of hydrogen-bond donors (Lipinski definition) is 1. The standard InChI is InChI=1S/C25H30ClFN2O5S/c1-2-28-9-11-29(12-10-28)19-5-8-24(23(26)14-19)35(32,33)21-13-17(22(15-21)25(30)31)16-34-20-6-3-18(27)4-7-20/h3-8,14,17,21-22H,2,9-13,15-16H2,1H3,(H,30,31). The summed E-state index contributed by atoms with van der Waals surface area (Å²) in [5.41, 5.74) is 0.880. The van der Waals surface area contributed by atoms with Crippen LogP contribution >= 0.6 is 11.6 Å². The van der Waals surface area contributed by atoms with Crippen LogP contribution in [0.25, 0.3) is 0 Å². The van der Waals surface area contributed by atoms with E-state index in [0.29, 0.717) is 5.75 Å². The maximum atomic E-state index is 13.5. The van der Waals surface area contributed by atoms with Gasteiger partial charge >= 0.3 is 5.97 Å². The summed E-state index contributed by atoms with van der Waals surface area (Å²) in [6.45, 7) is 6.72. The van der Waals surface area contributed by atoms with Crippen LogP contribution in [0.15, 0.2) is 47.4 Å². The SMILES string of the molecule is CCN1CCN(c2ccc(S(=O)(=O)C3CC(COc4ccc(F)cc4)C(C(=O)O)C3)c(Cl)c2)CC1. The monoisotopic (exact) mass is 524 g/mol. The average molecular weight is 525 g/mol. The number of nitrogens with zero attached hydrogens (tertiary/aromatic N) is 2. The number of rotatable bonds is 8. The van der Waals surface area contributed by atoms with Crippen molar-refractivity contribution in [1.82, 2.24) is 4.90 Å². The second-order valence-electron chi connectivity index (χ2n) is 9.14. The van der Waals surface area contributed by atoms with Crippen LogP contribution in [0.2, 0.25) is 5.02 Å². The van der Waals surface area contributed by atoms with Gasteiger partial charge < -0.3 is 19.6 Å². The number of sulfone groups is 1. The van der Waals surface area contributed by atoms with Gasteiger partial charge in [0.15, 0.2) is 9.84 Å². The average Bonchev–Trinajstić information content (AvgIpc) is 3.29. The molecule has 3 unspecified atom stereocenters. The molecule has 3 atom stereocenters. The number of carboxylic acid groups (broad SMARTS) is 1. The third-order valence-corrected chi connectivity index (χ3v) is 9.75. The Bertz CT molecular complexity index is 1150. The summed E-state index contributed by atoms with van der Waals surface area (Å²) >= 11 is 6.47. The van der Waals surface area contributed by atoms with E-state index in [1.54, 1.807) is 12.1 Å². The van der Waals surface area contributed by atoms with Crippen molar-refractivity contribution < 1.29 is 27.4 Å². The van der Waals surface area contributed by atoms with Gasteiger partial charge in [0.05, 0.1) is 27.7 Å². The molecule has 35 heavy (non-hydrogen) atoms. The number of benzene rings is 2. The van der Waals surface area contributed by atoms with Gasteiger partial charge in [0, 0.05) is 37.8 Å².